The van der Waals surface area contributed by atoms with Crippen LogP contribution in [0.3, 0.4) is 0 Å². The molecule has 0 spiro atoms. The second-order valence-corrected chi connectivity index (χ2v) is 5.06. The smallest absolute Gasteiger partial charge is 0.133 e. The standard InChI is InChI=1S/C16H18FN3/c1-2-14-12-7-8-18-10-15(12)20-16(19-14)9-11-5-3-4-6-13(11)17/h3-6,18H,2,7-10H2,1H3. The van der Waals surface area contributed by atoms with Gasteiger partial charge in [0.25, 0.3) is 0 Å². The number of rotatable bonds is 3. The number of aromatic nitrogens is 2. The van der Waals surface area contributed by atoms with Crippen LogP contribution >= 0.6 is 0 Å². The summed E-state index contributed by atoms with van der Waals surface area (Å²) in [5.74, 6) is 0.527. The normalized spacial score (nSPS) is 14.1. The van der Waals surface area contributed by atoms with Gasteiger partial charge in [0, 0.05) is 18.7 Å². The average molecular weight is 271 g/mol. The Morgan fingerprint density at radius 2 is 2.10 bits per heavy atom. The maximum Gasteiger partial charge on any atom is 0.133 e. The summed E-state index contributed by atoms with van der Waals surface area (Å²) in [6.45, 7) is 3.88. The number of nitrogens with zero attached hydrogens (tertiary/aromatic N) is 2. The molecule has 2 aromatic rings. The van der Waals surface area contributed by atoms with E-state index in [-0.39, 0.29) is 5.82 Å². The quantitative estimate of drug-likeness (QED) is 0.931. The Hall–Kier alpha value is -1.81. The Kier molecular flexibility index (Phi) is 3.74. The number of benzene rings is 1. The molecular formula is C16H18FN3. The van der Waals surface area contributed by atoms with Gasteiger partial charge < -0.3 is 5.32 Å². The van der Waals surface area contributed by atoms with Crippen LogP contribution in [0.15, 0.2) is 24.3 Å². The molecule has 0 aliphatic carbocycles. The van der Waals surface area contributed by atoms with Crippen molar-refractivity contribution in [2.75, 3.05) is 6.54 Å². The van der Waals surface area contributed by atoms with Crippen LogP contribution in [0.5, 0.6) is 0 Å². The first kappa shape index (κ1) is 13.2. The fourth-order valence-electron chi connectivity index (χ4n) is 2.68. The van der Waals surface area contributed by atoms with Crippen molar-refractivity contribution in [3.8, 4) is 0 Å². The predicted molar refractivity (Wildman–Crippen MR) is 76.0 cm³/mol. The fourth-order valence-corrected chi connectivity index (χ4v) is 2.68. The van der Waals surface area contributed by atoms with Crippen LogP contribution in [-0.2, 0) is 25.8 Å². The third-order valence-corrected chi connectivity index (χ3v) is 3.71. The monoisotopic (exact) mass is 271 g/mol. The van der Waals surface area contributed by atoms with E-state index >= 15 is 0 Å². The predicted octanol–water partition coefficient (Wildman–Crippen LogP) is 2.41. The van der Waals surface area contributed by atoms with Crippen LogP contribution < -0.4 is 5.32 Å². The SMILES string of the molecule is CCc1nc(Cc2ccccc2F)nc2c1CCNC2. The number of nitrogens with one attached hydrogen (secondary N) is 1. The number of halogens is 1. The van der Waals surface area contributed by atoms with Crippen molar-refractivity contribution in [1.82, 2.24) is 15.3 Å². The van der Waals surface area contributed by atoms with E-state index in [0.717, 1.165) is 43.1 Å². The van der Waals surface area contributed by atoms with Crippen LogP contribution in [0, 0.1) is 5.82 Å². The topological polar surface area (TPSA) is 37.8 Å². The van der Waals surface area contributed by atoms with E-state index in [1.165, 1.54) is 11.6 Å². The van der Waals surface area contributed by atoms with Gasteiger partial charge in [0.2, 0.25) is 0 Å². The molecule has 0 saturated heterocycles. The van der Waals surface area contributed by atoms with Crippen LogP contribution in [0.1, 0.15) is 35.3 Å². The van der Waals surface area contributed by atoms with Gasteiger partial charge in [-0.05, 0) is 36.6 Å². The second-order valence-electron chi connectivity index (χ2n) is 5.06. The van der Waals surface area contributed by atoms with Gasteiger partial charge in [-0.3, -0.25) is 0 Å². The maximum absolute atomic E-state index is 13.7. The third-order valence-electron chi connectivity index (χ3n) is 3.71. The Morgan fingerprint density at radius 3 is 2.90 bits per heavy atom. The Labute approximate surface area is 118 Å². The lowest BCUT2D eigenvalue weighted by Gasteiger charge is -2.19. The number of hydrogen-bond acceptors (Lipinski definition) is 3. The molecule has 1 aliphatic rings. The molecule has 0 atom stereocenters. The van der Waals surface area contributed by atoms with Crippen LogP contribution in [0.25, 0.3) is 0 Å². The molecule has 1 N–H and O–H groups in total. The van der Waals surface area contributed by atoms with Crippen molar-refractivity contribution in [2.24, 2.45) is 0 Å². The van der Waals surface area contributed by atoms with Crippen molar-refractivity contribution < 1.29 is 4.39 Å². The Balaban J connectivity index is 1.96. The van der Waals surface area contributed by atoms with Gasteiger partial charge in [0.05, 0.1) is 5.69 Å². The molecule has 1 aromatic heterocycles. The van der Waals surface area contributed by atoms with Gasteiger partial charge >= 0.3 is 0 Å². The molecule has 4 heteroatoms. The van der Waals surface area contributed by atoms with E-state index in [0.29, 0.717) is 12.0 Å². The molecule has 3 nitrogen and oxygen atoms in total. The highest BCUT2D eigenvalue weighted by Crippen LogP contribution is 2.18. The molecule has 104 valence electrons. The minimum absolute atomic E-state index is 0.190. The average Bonchev–Trinajstić information content (AvgIpc) is 2.49. The minimum Gasteiger partial charge on any atom is -0.311 e. The second kappa shape index (κ2) is 5.67. The minimum atomic E-state index is -0.190. The summed E-state index contributed by atoms with van der Waals surface area (Å²) < 4.78 is 13.7. The molecule has 0 bridgehead atoms. The zero-order valence-electron chi connectivity index (χ0n) is 11.6. The van der Waals surface area contributed by atoms with Crippen molar-refractivity contribution >= 4 is 0 Å². The van der Waals surface area contributed by atoms with Gasteiger partial charge in [-0.2, -0.15) is 0 Å². The van der Waals surface area contributed by atoms with Gasteiger partial charge in [0.15, 0.2) is 0 Å². The van der Waals surface area contributed by atoms with Gasteiger partial charge in [-0.1, -0.05) is 25.1 Å². The summed E-state index contributed by atoms with van der Waals surface area (Å²) in [5, 5.41) is 3.33. The third kappa shape index (κ3) is 2.56. The lowest BCUT2D eigenvalue weighted by Crippen LogP contribution is -2.27. The zero-order chi connectivity index (χ0) is 13.9. The van der Waals surface area contributed by atoms with Crippen LogP contribution in [-0.4, -0.2) is 16.5 Å². The summed E-state index contributed by atoms with van der Waals surface area (Å²) in [4.78, 5) is 9.25. The summed E-state index contributed by atoms with van der Waals surface area (Å²) in [5.41, 5.74) is 4.12. The fraction of sp³-hybridized carbons (Fsp3) is 0.375. The first-order valence-electron chi connectivity index (χ1n) is 7.09. The summed E-state index contributed by atoms with van der Waals surface area (Å²) >= 11 is 0. The summed E-state index contributed by atoms with van der Waals surface area (Å²) in [6.07, 6.45) is 2.33. The first-order chi connectivity index (χ1) is 9.78. The number of aryl methyl sites for hydroxylation is 1. The van der Waals surface area contributed by atoms with E-state index in [4.69, 9.17) is 0 Å². The van der Waals surface area contributed by atoms with Gasteiger partial charge in [-0.25, -0.2) is 14.4 Å². The van der Waals surface area contributed by atoms with Crippen LogP contribution in [0.4, 0.5) is 4.39 Å². The van der Waals surface area contributed by atoms with Gasteiger partial charge in [-0.15, -0.1) is 0 Å². The molecule has 0 saturated carbocycles. The molecule has 3 rings (SSSR count). The molecule has 1 aliphatic heterocycles. The van der Waals surface area contributed by atoms with E-state index in [1.54, 1.807) is 12.1 Å². The summed E-state index contributed by atoms with van der Waals surface area (Å²) in [6, 6.07) is 6.82. The van der Waals surface area contributed by atoms with Gasteiger partial charge in [0.1, 0.15) is 11.6 Å². The van der Waals surface area contributed by atoms with E-state index < -0.39 is 0 Å². The van der Waals surface area contributed by atoms with E-state index in [1.807, 2.05) is 6.07 Å². The zero-order valence-corrected chi connectivity index (χ0v) is 11.6. The lowest BCUT2D eigenvalue weighted by atomic mass is 10.0. The lowest BCUT2D eigenvalue weighted by molar-refractivity contribution is 0.600. The molecular weight excluding hydrogens is 253 g/mol. The largest absolute Gasteiger partial charge is 0.311 e. The molecule has 0 amide bonds. The highest BCUT2D eigenvalue weighted by molar-refractivity contribution is 5.30. The van der Waals surface area contributed by atoms with E-state index in [9.17, 15) is 4.39 Å². The molecule has 0 radical (unpaired) electrons. The van der Waals surface area contributed by atoms with Crippen LogP contribution in [0.2, 0.25) is 0 Å². The molecule has 0 fully saturated rings. The Morgan fingerprint density at radius 1 is 1.25 bits per heavy atom. The highest BCUT2D eigenvalue weighted by Gasteiger charge is 2.17. The van der Waals surface area contributed by atoms with Crippen molar-refractivity contribution in [1.29, 1.82) is 0 Å². The number of fused-ring (bicyclic) bond motifs is 1. The number of hydrogen-bond donors (Lipinski definition) is 1. The van der Waals surface area contributed by atoms with Crippen molar-refractivity contribution in [3.63, 3.8) is 0 Å². The molecule has 2 heterocycles. The van der Waals surface area contributed by atoms with E-state index in [2.05, 4.69) is 22.2 Å². The molecule has 1 aromatic carbocycles. The molecule has 20 heavy (non-hydrogen) atoms. The highest BCUT2D eigenvalue weighted by atomic mass is 19.1. The van der Waals surface area contributed by atoms with Crippen molar-refractivity contribution in [2.45, 2.75) is 32.7 Å². The molecule has 0 unspecified atom stereocenters. The maximum atomic E-state index is 13.7. The Bertz CT molecular complexity index is 608. The van der Waals surface area contributed by atoms with Crippen molar-refractivity contribution in [3.05, 3.63) is 58.4 Å². The first-order valence-corrected chi connectivity index (χ1v) is 7.09. The summed E-state index contributed by atoms with van der Waals surface area (Å²) in [7, 11) is 0.